The summed E-state index contributed by atoms with van der Waals surface area (Å²) in [7, 11) is -3.21. The van der Waals surface area contributed by atoms with E-state index in [2.05, 4.69) is 15.9 Å². The van der Waals surface area contributed by atoms with Crippen LogP contribution >= 0.6 is 15.9 Å². The van der Waals surface area contributed by atoms with E-state index in [-0.39, 0.29) is 18.1 Å². The minimum absolute atomic E-state index is 0.0240. The van der Waals surface area contributed by atoms with E-state index in [1.165, 1.54) is 6.92 Å². The Kier molecular flexibility index (Phi) is 5.52. The first-order valence-electron chi connectivity index (χ1n) is 5.26. The second-order valence-electron chi connectivity index (χ2n) is 3.61. The molecule has 102 valence electrons. The molecule has 0 saturated heterocycles. The van der Waals surface area contributed by atoms with Crippen LogP contribution in [0, 0.1) is 11.6 Å². The van der Waals surface area contributed by atoms with Crippen LogP contribution in [0.15, 0.2) is 12.1 Å². The number of alkyl halides is 1. The summed E-state index contributed by atoms with van der Waals surface area (Å²) in [5.74, 6) is -2.49. The van der Waals surface area contributed by atoms with E-state index < -0.39 is 27.2 Å². The van der Waals surface area contributed by atoms with Crippen molar-refractivity contribution < 1.29 is 21.9 Å². The van der Waals surface area contributed by atoms with E-state index in [9.17, 15) is 17.2 Å². The van der Waals surface area contributed by atoms with Crippen molar-refractivity contribution >= 4 is 25.8 Å². The smallest absolute Gasteiger partial charge is 0.190 e. The summed E-state index contributed by atoms with van der Waals surface area (Å²) in [5, 5.41) is 0.325. The molecule has 0 radical (unpaired) electrons. The molecule has 0 aliphatic carbocycles. The minimum atomic E-state index is -3.21. The Hall–Kier alpha value is -0.690. The van der Waals surface area contributed by atoms with Crippen molar-refractivity contribution in [2.24, 2.45) is 0 Å². The number of sulfone groups is 1. The molecule has 0 saturated carbocycles. The summed E-state index contributed by atoms with van der Waals surface area (Å²) < 4.78 is 54.2. The predicted octanol–water partition coefficient (Wildman–Crippen LogP) is 2.67. The number of rotatable bonds is 6. The van der Waals surface area contributed by atoms with E-state index in [1.54, 1.807) is 0 Å². The lowest BCUT2D eigenvalue weighted by atomic mass is 10.2. The van der Waals surface area contributed by atoms with Crippen molar-refractivity contribution in [2.45, 2.75) is 12.3 Å². The van der Waals surface area contributed by atoms with Crippen LogP contribution < -0.4 is 4.74 Å². The number of halogens is 3. The third-order valence-electron chi connectivity index (χ3n) is 2.29. The summed E-state index contributed by atoms with van der Waals surface area (Å²) in [6.45, 7) is 1.24. The highest BCUT2D eigenvalue weighted by molar-refractivity contribution is 9.08. The summed E-state index contributed by atoms with van der Waals surface area (Å²) in [4.78, 5) is 0. The highest BCUT2D eigenvalue weighted by Crippen LogP contribution is 2.24. The average Bonchev–Trinajstić information content (AvgIpc) is 2.32. The largest absolute Gasteiger partial charge is 0.487 e. The molecule has 18 heavy (non-hydrogen) atoms. The highest BCUT2D eigenvalue weighted by atomic mass is 79.9. The maximum Gasteiger partial charge on any atom is 0.190 e. The van der Waals surface area contributed by atoms with Gasteiger partial charge in [-0.2, -0.15) is 0 Å². The van der Waals surface area contributed by atoms with E-state index in [0.717, 1.165) is 12.1 Å². The fourth-order valence-electron chi connectivity index (χ4n) is 1.24. The number of ether oxygens (including phenoxy) is 1. The third-order valence-corrected chi connectivity index (χ3v) is 4.61. The van der Waals surface area contributed by atoms with E-state index in [4.69, 9.17) is 4.74 Å². The molecule has 7 heteroatoms. The molecule has 0 unspecified atom stereocenters. The van der Waals surface area contributed by atoms with Gasteiger partial charge in [-0.3, -0.25) is 0 Å². The molecule has 0 aromatic heterocycles. The van der Waals surface area contributed by atoms with Crippen LogP contribution in [-0.2, 0) is 15.2 Å². The molecule has 0 spiro atoms. The summed E-state index contributed by atoms with van der Waals surface area (Å²) >= 11 is 3.08. The van der Waals surface area contributed by atoms with Crippen LogP contribution in [0.1, 0.15) is 12.5 Å². The van der Waals surface area contributed by atoms with Gasteiger partial charge in [0, 0.05) is 11.1 Å². The lowest BCUT2D eigenvalue weighted by Crippen LogP contribution is -2.16. The summed E-state index contributed by atoms with van der Waals surface area (Å²) in [6, 6.07) is 2.28. The molecule has 1 aromatic rings. The van der Waals surface area contributed by atoms with Gasteiger partial charge in [-0.1, -0.05) is 22.9 Å². The zero-order valence-electron chi connectivity index (χ0n) is 9.75. The highest BCUT2D eigenvalue weighted by Gasteiger charge is 2.14. The number of hydrogen-bond donors (Lipinski definition) is 0. The van der Waals surface area contributed by atoms with E-state index >= 15 is 0 Å². The Morgan fingerprint density at radius 2 is 1.83 bits per heavy atom. The van der Waals surface area contributed by atoms with Crippen LogP contribution in [0.3, 0.4) is 0 Å². The second kappa shape index (κ2) is 6.47. The van der Waals surface area contributed by atoms with Gasteiger partial charge < -0.3 is 4.74 Å². The van der Waals surface area contributed by atoms with Gasteiger partial charge in [0.2, 0.25) is 0 Å². The van der Waals surface area contributed by atoms with E-state index in [0.29, 0.717) is 10.9 Å². The van der Waals surface area contributed by atoms with E-state index in [1.807, 2.05) is 0 Å². The van der Waals surface area contributed by atoms with Gasteiger partial charge in [-0.15, -0.1) is 0 Å². The van der Waals surface area contributed by atoms with Crippen LogP contribution in [0.25, 0.3) is 0 Å². The molecule has 0 amide bonds. The molecule has 0 bridgehead atoms. The standard InChI is InChI=1S/C11H13BrF2O3S/c1-2-18(15,16)4-3-17-11-9(13)5-8(7-12)6-10(11)14/h5-6H,2-4,7H2,1H3. The Morgan fingerprint density at radius 3 is 2.28 bits per heavy atom. The van der Waals surface area contributed by atoms with Crippen LogP contribution in [-0.4, -0.2) is 26.5 Å². The monoisotopic (exact) mass is 342 g/mol. The van der Waals surface area contributed by atoms with Gasteiger partial charge in [0.1, 0.15) is 6.61 Å². The minimum Gasteiger partial charge on any atom is -0.487 e. The van der Waals surface area contributed by atoms with Crippen molar-refractivity contribution in [3.05, 3.63) is 29.3 Å². The molecule has 0 aliphatic heterocycles. The Morgan fingerprint density at radius 1 is 1.28 bits per heavy atom. The molecule has 0 N–H and O–H groups in total. The lowest BCUT2D eigenvalue weighted by Gasteiger charge is -2.09. The zero-order valence-corrected chi connectivity index (χ0v) is 12.2. The fourth-order valence-corrected chi connectivity index (χ4v) is 2.19. The predicted molar refractivity (Wildman–Crippen MR) is 68.8 cm³/mol. The van der Waals surface area contributed by atoms with Crippen molar-refractivity contribution in [3.63, 3.8) is 0 Å². The molecule has 0 heterocycles. The third kappa shape index (κ3) is 4.20. The lowest BCUT2D eigenvalue weighted by molar-refractivity contribution is 0.303. The summed E-state index contributed by atoms with van der Waals surface area (Å²) in [5.41, 5.74) is 0.443. The number of benzene rings is 1. The maximum atomic E-state index is 13.5. The van der Waals surface area contributed by atoms with Gasteiger partial charge in [-0.25, -0.2) is 17.2 Å². The van der Waals surface area contributed by atoms with Gasteiger partial charge in [-0.05, 0) is 17.7 Å². The van der Waals surface area contributed by atoms with Gasteiger partial charge in [0.25, 0.3) is 0 Å². The van der Waals surface area contributed by atoms with Crippen molar-refractivity contribution in [1.29, 1.82) is 0 Å². The number of hydrogen-bond acceptors (Lipinski definition) is 3. The first-order valence-corrected chi connectivity index (χ1v) is 8.21. The van der Waals surface area contributed by atoms with Crippen molar-refractivity contribution in [3.8, 4) is 5.75 Å². The zero-order chi connectivity index (χ0) is 13.8. The average molecular weight is 343 g/mol. The SMILES string of the molecule is CCS(=O)(=O)CCOc1c(F)cc(CBr)cc1F. The Balaban J connectivity index is 2.74. The topological polar surface area (TPSA) is 43.4 Å². The molecular formula is C11H13BrF2O3S. The fraction of sp³-hybridized carbons (Fsp3) is 0.455. The normalized spacial score (nSPS) is 11.6. The summed E-state index contributed by atoms with van der Waals surface area (Å²) in [6.07, 6.45) is 0. The van der Waals surface area contributed by atoms with Crippen LogP contribution in [0.2, 0.25) is 0 Å². The Bertz CT molecular complexity index is 494. The molecule has 1 rings (SSSR count). The molecular weight excluding hydrogens is 330 g/mol. The van der Waals surface area contributed by atoms with Crippen LogP contribution in [0.5, 0.6) is 5.75 Å². The van der Waals surface area contributed by atoms with Gasteiger partial charge in [0.15, 0.2) is 27.2 Å². The molecule has 0 aliphatic rings. The molecule has 3 nitrogen and oxygen atoms in total. The quantitative estimate of drug-likeness (QED) is 0.746. The molecule has 0 fully saturated rings. The van der Waals surface area contributed by atoms with Crippen LogP contribution in [0.4, 0.5) is 8.78 Å². The first-order chi connectivity index (χ1) is 8.39. The molecule has 1 aromatic carbocycles. The Labute approximate surface area is 113 Å². The first kappa shape index (κ1) is 15.4. The van der Waals surface area contributed by atoms with Gasteiger partial charge in [0.05, 0.1) is 5.75 Å². The van der Waals surface area contributed by atoms with Crippen molar-refractivity contribution in [2.75, 3.05) is 18.1 Å². The second-order valence-corrected chi connectivity index (χ2v) is 6.64. The molecule has 0 atom stereocenters. The van der Waals surface area contributed by atoms with Crippen molar-refractivity contribution in [1.82, 2.24) is 0 Å². The maximum absolute atomic E-state index is 13.5. The van der Waals surface area contributed by atoms with Gasteiger partial charge >= 0.3 is 0 Å².